The molecule has 0 spiro atoms. The van der Waals surface area contributed by atoms with E-state index in [0.717, 1.165) is 16.8 Å². The van der Waals surface area contributed by atoms with E-state index >= 15 is 0 Å². The number of nitrogens with one attached hydrogen (secondary N) is 2. The highest BCUT2D eigenvalue weighted by molar-refractivity contribution is 5.81. The van der Waals surface area contributed by atoms with Crippen molar-refractivity contribution in [3.05, 3.63) is 12.1 Å². The molecule has 0 bridgehead atoms. The topological polar surface area (TPSA) is 85.5 Å². The zero-order chi connectivity index (χ0) is 14.7. The number of ether oxygens (including phenoxy) is 3. The van der Waals surface area contributed by atoms with E-state index in [0.29, 0.717) is 44.5 Å². The van der Waals surface area contributed by atoms with Crippen molar-refractivity contribution in [2.24, 2.45) is 0 Å². The molecule has 7 heteroatoms. The third kappa shape index (κ3) is 3.01. The van der Waals surface area contributed by atoms with Crippen LogP contribution in [0.15, 0.2) is 12.1 Å². The minimum atomic E-state index is -0.224. The van der Waals surface area contributed by atoms with Crippen LogP contribution < -0.4 is 14.8 Å². The van der Waals surface area contributed by atoms with Crippen LogP contribution in [0.4, 0.5) is 5.95 Å². The molecule has 1 aromatic heterocycles. The molecule has 0 saturated heterocycles. The number of carbonyl (C=O) groups is 1. The van der Waals surface area contributed by atoms with Gasteiger partial charge in [-0.05, 0) is 6.92 Å². The van der Waals surface area contributed by atoms with Crippen molar-refractivity contribution in [1.29, 1.82) is 0 Å². The molecule has 112 valence electrons. The summed E-state index contributed by atoms with van der Waals surface area (Å²) < 4.78 is 15.9. The van der Waals surface area contributed by atoms with Gasteiger partial charge in [0.2, 0.25) is 5.95 Å². The summed E-state index contributed by atoms with van der Waals surface area (Å²) in [6.45, 7) is 3.75. The van der Waals surface area contributed by atoms with Gasteiger partial charge in [0.1, 0.15) is 13.2 Å². The van der Waals surface area contributed by atoms with Crippen LogP contribution in [-0.2, 0) is 9.53 Å². The smallest absolute Gasteiger partial charge is 0.307 e. The van der Waals surface area contributed by atoms with Gasteiger partial charge in [-0.2, -0.15) is 0 Å². The molecule has 0 aliphatic carbocycles. The lowest BCUT2D eigenvalue weighted by molar-refractivity contribution is -0.142. The van der Waals surface area contributed by atoms with Gasteiger partial charge in [-0.15, -0.1) is 0 Å². The van der Waals surface area contributed by atoms with Crippen LogP contribution in [0.5, 0.6) is 11.5 Å². The van der Waals surface area contributed by atoms with Gasteiger partial charge < -0.3 is 24.5 Å². The second-order valence-electron chi connectivity index (χ2n) is 4.58. The molecule has 1 aliphatic rings. The maximum absolute atomic E-state index is 11.3. The number of rotatable bonds is 5. The van der Waals surface area contributed by atoms with Gasteiger partial charge in [0.15, 0.2) is 11.5 Å². The molecule has 0 atom stereocenters. The lowest BCUT2D eigenvalue weighted by atomic mass is 10.2. The minimum absolute atomic E-state index is 0.224. The van der Waals surface area contributed by atoms with E-state index in [2.05, 4.69) is 15.3 Å². The van der Waals surface area contributed by atoms with Crippen molar-refractivity contribution < 1.29 is 19.0 Å². The van der Waals surface area contributed by atoms with E-state index in [1.165, 1.54) is 0 Å². The van der Waals surface area contributed by atoms with Crippen molar-refractivity contribution in [1.82, 2.24) is 9.97 Å². The third-order valence-electron chi connectivity index (χ3n) is 3.07. The van der Waals surface area contributed by atoms with Crippen molar-refractivity contribution in [2.75, 3.05) is 31.7 Å². The lowest BCUT2D eigenvalue weighted by Gasteiger charge is -2.17. The van der Waals surface area contributed by atoms with E-state index in [1.54, 1.807) is 6.92 Å². The van der Waals surface area contributed by atoms with Crippen LogP contribution in [0.1, 0.15) is 13.3 Å². The molecule has 1 aliphatic heterocycles. The summed E-state index contributed by atoms with van der Waals surface area (Å²) in [5.74, 6) is 1.81. The van der Waals surface area contributed by atoms with Gasteiger partial charge in [0.25, 0.3) is 0 Å². The summed E-state index contributed by atoms with van der Waals surface area (Å²) in [5, 5.41) is 3.06. The molecule has 3 rings (SSSR count). The quantitative estimate of drug-likeness (QED) is 0.816. The first-order chi connectivity index (χ1) is 10.3. The number of fused-ring (bicyclic) bond motifs is 2. The number of aromatic nitrogens is 2. The van der Waals surface area contributed by atoms with Crippen molar-refractivity contribution in [3.8, 4) is 11.5 Å². The predicted molar refractivity (Wildman–Crippen MR) is 76.8 cm³/mol. The summed E-state index contributed by atoms with van der Waals surface area (Å²) in [6.07, 6.45) is 0.299. The van der Waals surface area contributed by atoms with Gasteiger partial charge in [-0.3, -0.25) is 4.79 Å². The van der Waals surface area contributed by atoms with E-state index in [9.17, 15) is 4.79 Å². The molecule has 0 amide bonds. The van der Waals surface area contributed by atoms with Crippen molar-refractivity contribution in [2.45, 2.75) is 13.3 Å². The number of aromatic amines is 1. The van der Waals surface area contributed by atoms with Gasteiger partial charge >= 0.3 is 5.97 Å². The summed E-state index contributed by atoms with van der Waals surface area (Å²) in [4.78, 5) is 18.8. The van der Waals surface area contributed by atoms with Crippen LogP contribution >= 0.6 is 0 Å². The monoisotopic (exact) mass is 291 g/mol. The zero-order valence-corrected chi connectivity index (χ0v) is 11.8. The van der Waals surface area contributed by atoms with Crippen LogP contribution in [0.2, 0.25) is 0 Å². The molecule has 0 saturated carbocycles. The number of H-pyrrole nitrogens is 1. The molecule has 0 fully saturated rings. The molecule has 1 aromatic carbocycles. The number of carbonyl (C=O) groups excluding carboxylic acids is 1. The standard InChI is InChI=1S/C14H17N3O4/c1-2-19-13(18)3-4-15-14-16-9-7-11-12(8-10(9)17-14)21-6-5-20-11/h7-8H,2-6H2,1H3,(H2,15,16,17). The van der Waals surface area contributed by atoms with Crippen LogP contribution in [-0.4, -0.2) is 42.3 Å². The van der Waals surface area contributed by atoms with E-state index in [-0.39, 0.29) is 5.97 Å². The molecular formula is C14H17N3O4. The first-order valence-electron chi connectivity index (χ1n) is 6.95. The Kier molecular flexibility index (Phi) is 3.81. The third-order valence-corrected chi connectivity index (χ3v) is 3.07. The Morgan fingerprint density at radius 2 is 2.14 bits per heavy atom. The highest BCUT2D eigenvalue weighted by Crippen LogP contribution is 2.34. The lowest BCUT2D eigenvalue weighted by Crippen LogP contribution is -2.15. The van der Waals surface area contributed by atoms with E-state index in [1.807, 2.05) is 12.1 Å². The van der Waals surface area contributed by atoms with Gasteiger partial charge in [0.05, 0.1) is 24.1 Å². The normalized spacial score (nSPS) is 13.2. The Morgan fingerprint density at radius 3 is 2.90 bits per heavy atom. The van der Waals surface area contributed by atoms with Crippen LogP contribution in [0.25, 0.3) is 11.0 Å². The SMILES string of the molecule is CCOC(=O)CCNc1nc2cc3c(cc2[nH]1)OCCO3. The number of hydrogen-bond donors (Lipinski definition) is 2. The van der Waals surface area contributed by atoms with Crippen molar-refractivity contribution in [3.63, 3.8) is 0 Å². The number of imidazole rings is 1. The Bertz CT molecular complexity index is 610. The Morgan fingerprint density at radius 1 is 1.38 bits per heavy atom. The molecule has 2 aromatic rings. The summed E-state index contributed by atoms with van der Waals surface area (Å²) in [6, 6.07) is 3.71. The number of hydrogen-bond acceptors (Lipinski definition) is 6. The van der Waals surface area contributed by atoms with E-state index in [4.69, 9.17) is 14.2 Å². The number of anilines is 1. The fourth-order valence-electron chi connectivity index (χ4n) is 2.15. The zero-order valence-electron chi connectivity index (χ0n) is 11.8. The summed E-state index contributed by atoms with van der Waals surface area (Å²) in [7, 11) is 0. The Labute approximate surface area is 121 Å². The van der Waals surface area contributed by atoms with Crippen LogP contribution in [0, 0.1) is 0 Å². The minimum Gasteiger partial charge on any atom is -0.486 e. The number of esters is 1. The van der Waals surface area contributed by atoms with Gasteiger partial charge in [-0.1, -0.05) is 0 Å². The first-order valence-corrected chi connectivity index (χ1v) is 6.95. The average Bonchev–Trinajstić information content (AvgIpc) is 2.86. The first kappa shape index (κ1) is 13.5. The predicted octanol–water partition coefficient (Wildman–Crippen LogP) is 1.70. The highest BCUT2D eigenvalue weighted by atomic mass is 16.6. The Balaban J connectivity index is 1.68. The number of benzene rings is 1. The molecule has 7 nitrogen and oxygen atoms in total. The second kappa shape index (κ2) is 5.90. The molecule has 2 N–H and O–H groups in total. The largest absolute Gasteiger partial charge is 0.486 e. The summed E-state index contributed by atoms with van der Waals surface area (Å²) in [5.41, 5.74) is 1.65. The fraction of sp³-hybridized carbons (Fsp3) is 0.429. The van der Waals surface area contributed by atoms with Crippen LogP contribution in [0.3, 0.4) is 0 Å². The van der Waals surface area contributed by atoms with Crippen molar-refractivity contribution >= 4 is 23.0 Å². The molecule has 0 radical (unpaired) electrons. The molecular weight excluding hydrogens is 274 g/mol. The summed E-state index contributed by atoms with van der Waals surface area (Å²) >= 11 is 0. The van der Waals surface area contributed by atoms with Gasteiger partial charge in [-0.25, -0.2) is 4.98 Å². The van der Waals surface area contributed by atoms with E-state index < -0.39 is 0 Å². The second-order valence-corrected chi connectivity index (χ2v) is 4.58. The fourth-order valence-corrected chi connectivity index (χ4v) is 2.15. The highest BCUT2D eigenvalue weighted by Gasteiger charge is 2.14. The maximum Gasteiger partial charge on any atom is 0.307 e. The maximum atomic E-state index is 11.3. The molecule has 21 heavy (non-hydrogen) atoms. The Hall–Kier alpha value is -2.44. The molecule has 2 heterocycles. The number of nitrogens with zero attached hydrogens (tertiary/aromatic N) is 1. The average molecular weight is 291 g/mol. The molecule has 0 unspecified atom stereocenters. The van der Waals surface area contributed by atoms with Gasteiger partial charge in [0, 0.05) is 18.7 Å².